The number of pyridine rings is 1. The Bertz CT molecular complexity index is 964. The Labute approximate surface area is 198 Å². The number of hydrogen-bond acceptors (Lipinski definition) is 4. The Morgan fingerprint density at radius 3 is 2.27 bits per heavy atom. The minimum atomic E-state index is -0.223. The minimum absolute atomic E-state index is 0.116. The van der Waals surface area contributed by atoms with Gasteiger partial charge in [-0.2, -0.15) is 0 Å². The molecule has 0 unspecified atom stereocenters. The number of benzene rings is 1. The van der Waals surface area contributed by atoms with Crippen molar-refractivity contribution < 1.29 is 9.50 Å². The van der Waals surface area contributed by atoms with Crippen LogP contribution in [-0.4, -0.2) is 54.3 Å². The van der Waals surface area contributed by atoms with Crippen LogP contribution >= 0.6 is 0 Å². The molecule has 2 aromatic rings. The molecular formula is C28H40FN3O. The molecule has 1 N–H and O–H groups in total. The average molecular weight is 454 g/mol. The number of hydrogen-bond donors (Lipinski definition) is 1. The van der Waals surface area contributed by atoms with Crippen molar-refractivity contribution in [3.63, 3.8) is 0 Å². The summed E-state index contributed by atoms with van der Waals surface area (Å²) < 4.78 is 14.7. The van der Waals surface area contributed by atoms with Gasteiger partial charge in [0.2, 0.25) is 0 Å². The van der Waals surface area contributed by atoms with Crippen LogP contribution in [0.4, 0.5) is 10.2 Å². The van der Waals surface area contributed by atoms with Gasteiger partial charge in [-0.3, -0.25) is 4.90 Å². The summed E-state index contributed by atoms with van der Waals surface area (Å²) in [4.78, 5) is 9.58. The second-order valence-electron chi connectivity index (χ2n) is 11.2. The third-order valence-corrected chi connectivity index (χ3v) is 7.75. The van der Waals surface area contributed by atoms with Crippen molar-refractivity contribution in [2.45, 2.75) is 70.6 Å². The molecule has 5 heteroatoms. The molecule has 0 saturated carbocycles. The van der Waals surface area contributed by atoms with Crippen LogP contribution in [-0.2, 0) is 10.8 Å². The molecule has 0 amide bonds. The second-order valence-corrected chi connectivity index (χ2v) is 11.2. The van der Waals surface area contributed by atoms with Crippen molar-refractivity contribution in [1.82, 2.24) is 9.88 Å². The van der Waals surface area contributed by atoms with Gasteiger partial charge in [0.25, 0.3) is 0 Å². The lowest BCUT2D eigenvalue weighted by Gasteiger charge is -2.42. The molecule has 2 aliphatic rings. The highest BCUT2D eigenvalue weighted by Crippen LogP contribution is 2.46. The molecule has 0 atom stereocenters. The molecule has 4 rings (SSSR count). The van der Waals surface area contributed by atoms with E-state index in [-0.39, 0.29) is 23.3 Å². The zero-order chi connectivity index (χ0) is 23.6. The van der Waals surface area contributed by atoms with Crippen LogP contribution in [0.15, 0.2) is 30.3 Å². The number of aliphatic hydroxyl groups excluding tert-OH is 1. The lowest BCUT2D eigenvalue weighted by atomic mass is 9.63. The summed E-state index contributed by atoms with van der Waals surface area (Å²) in [5.41, 5.74) is 4.79. The highest BCUT2D eigenvalue weighted by Gasteiger charge is 2.37. The van der Waals surface area contributed by atoms with Gasteiger partial charge in [0.15, 0.2) is 0 Å². The highest BCUT2D eigenvalue weighted by atomic mass is 19.1. The lowest BCUT2D eigenvalue weighted by Crippen LogP contribution is -2.47. The van der Waals surface area contributed by atoms with Crippen LogP contribution in [0, 0.1) is 5.82 Å². The van der Waals surface area contributed by atoms with Crippen LogP contribution in [0.2, 0.25) is 0 Å². The molecule has 1 saturated heterocycles. The predicted octanol–water partition coefficient (Wildman–Crippen LogP) is 5.52. The molecule has 0 radical (unpaired) electrons. The lowest BCUT2D eigenvalue weighted by molar-refractivity contribution is 0.242. The van der Waals surface area contributed by atoms with Gasteiger partial charge in [-0.05, 0) is 66.7 Å². The second kappa shape index (κ2) is 9.71. The largest absolute Gasteiger partial charge is 0.396 e. The predicted molar refractivity (Wildman–Crippen MR) is 135 cm³/mol. The summed E-state index contributed by atoms with van der Waals surface area (Å²) in [7, 11) is 0. The molecule has 1 fully saturated rings. The van der Waals surface area contributed by atoms with Gasteiger partial charge < -0.3 is 10.0 Å². The number of nitrogens with zero attached hydrogens (tertiary/aromatic N) is 3. The molecule has 4 nitrogen and oxygen atoms in total. The van der Waals surface area contributed by atoms with E-state index in [1.807, 2.05) is 0 Å². The molecule has 0 spiro atoms. The van der Waals surface area contributed by atoms with Crippen molar-refractivity contribution in [3.05, 3.63) is 47.3 Å². The molecule has 1 aromatic carbocycles. The fourth-order valence-electron chi connectivity index (χ4n) is 5.37. The molecule has 180 valence electrons. The van der Waals surface area contributed by atoms with E-state index in [1.54, 1.807) is 12.1 Å². The Kier molecular flexibility index (Phi) is 7.11. The van der Waals surface area contributed by atoms with Crippen LogP contribution in [0.1, 0.15) is 70.9 Å². The third-order valence-electron chi connectivity index (χ3n) is 7.75. The maximum Gasteiger partial charge on any atom is 0.132 e. The number of halogens is 1. The Balaban J connectivity index is 1.52. The zero-order valence-corrected chi connectivity index (χ0v) is 20.8. The van der Waals surface area contributed by atoms with E-state index < -0.39 is 0 Å². The Hall–Kier alpha value is -1.98. The van der Waals surface area contributed by atoms with Gasteiger partial charge in [0.05, 0.1) is 5.69 Å². The summed E-state index contributed by atoms with van der Waals surface area (Å²) in [5.74, 6) is 0.515. The summed E-state index contributed by atoms with van der Waals surface area (Å²) >= 11 is 0. The summed E-state index contributed by atoms with van der Waals surface area (Å²) in [6, 6.07) is 9.77. The van der Waals surface area contributed by atoms with Crippen molar-refractivity contribution in [2.24, 2.45) is 0 Å². The molecular weight excluding hydrogens is 413 g/mol. The summed E-state index contributed by atoms with van der Waals surface area (Å²) in [6.45, 7) is 14.3. The highest BCUT2D eigenvalue weighted by molar-refractivity contribution is 5.65. The monoisotopic (exact) mass is 453 g/mol. The van der Waals surface area contributed by atoms with E-state index in [0.29, 0.717) is 0 Å². The summed E-state index contributed by atoms with van der Waals surface area (Å²) in [5, 5.41) is 8.94. The van der Waals surface area contributed by atoms with Crippen LogP contribution < -0.4 is 4.90 Å². The molecule has 2 heterocycles. The quantitative estimate of drug-likeness (QED) is 0.560. The SMILES string of the molecule is CC1(C)CCC(C)(C)c2cc(-c3cc(F)cc(N4CCN(CCCCCO)CC4)n3)ccc21. The number of aromatic nitrogens is 1. The maximum absolute atomic E-state index is 14.7. The van der Waals surface area contributed by atoms with Gasteiger partial charge in [0, 0.05) is 50.5 Å². The van der Waals surface area contributed by atoms with E-state index in [4.69, 9.17) is 10.1 Å². The normalized spacial score (nSPS) is 20.0. The third kappa shape index (κ3) is 5.41. The fourth-order valence-corrected chi connectivity index (χ4v) is 5.37. The number of piperazine rings is 1. The van der Waals surface area contributed by atoms with Gasteiger partial charge in [-0.1, -0.05) is 39.8 Å². The first kappa shape index (κ1) is 24.2. The molecule has 33 heavy (non-hydrogen) atoms. The number of unbranched alkanes of at least 4 members (excludes halogenated alkanes) is 2. The van der Waals surface area contributed by atoms with Crippen molar-refractivity contribution in [1.29, 1.82) is 0 Å². The summed E-state index contributed by atoms with van der Waals surface area (Å²) in [6.07, 6.45) is 5.41. The molecule has 1 aliphatic carbocycles. The Morgan fingerprint density at radius 2 is 1.58 bits per heavy atom. The van der Waals surface area contributed by atoms with E-state index >= 15 is 0 Å². The maximum atomic E-state index is 14.7. The van der Waals surface area contributed by atoms with Crippen LogP contribution in [0.5, 0.6) is 0 Å². The average Bonchev–Trinajstić information content (AvgIpc) is 2.80. The number of fused-ring (bicyclic) bond motifs is 1. The Morgan fingerprint density at radius 1 is 0.879 bits per heavy atom. The number of anilines is 1. The van der Waals surface area contributed by atoms with Gasteiger partial charge in [0.1, 0.15) is 11.6 Å². The fraction of sp³-hybridized carbons (Fsp3) is 0.607. The van der Waals surface area contributed by atoms with Crippen molar-refractivity contribution in [3.8, 4) is 11.3 Å². The van der Waals surface area contributed by atoms with Gasteiger partial charge >= 0.3 is 0 Å². The van der Waals surface area contributed by atoms with Crippen LogP contribution in [0.25, 0.3) is 11.3 Å². The minimum Gasteiger partial charge on any atom is -0.396 e. The molecule has 1 aliphatic heterocycles. The number of rotatable bonds is 7. The standard InChI is InChI=1S/C28H40FN3O/c1-27(2)10-11-28(3,4)24-18-21(8-9-23(24)27)25-19-22(29)20-26(30-25)32-15-13-31(14-16-32)12-6-5-7-17-33/h8-9,18-20,33H,5-7,10-17H2,1-4H3. The topological polar surface area (TPSA) is 39.6 Å². The number of aliphatic hydroxyl groups is 1. The van der Waals surface area contributed by atoms with E-state index in [0.717, 1.165) is 75.5 Å². The van der Waals surface area contributed by atoms with Gasteiger partial charge in [-0.15, -0.1) is 0 Å². The zero-order valence-electron chi connectivity index (χ0n) is 20.8. The smallest absolute Gasteiger partial charge is 0.132 e. The van der Waals surface area contributed by atoms with Crippen molar-refractivity contribution >= 4 is 5.82 Å². The first-order chi connectivity index (χ1) is 15.7. The molecule has 0 bridgehead atoms. The molecule has 1 aromatic heterocycles. The van der Waals surface area contributed by atoms with E-state index in [2.05, 4.69) is 55.7 Å². The first-order valence-electron chi connectivity index (χ1n) is 12.6. The van der Waals surface area contributed by atoms with Crippen molar-refractivity contribution in [2.75, 3.05) is 44.2 Å². The van der Waals surface area contributed by atoms with Gasteiger partial charge in [-0.25, -0.2) is 9.37 Å². The van der Waals surface area contributed by atoms with E-state index in [1.165, 1.54) is 17.5 Å². The first-order valence-corrected chi connectivity index (χ1v) is 12.6. The van der Waals surface area contributed by atoms with Crippen LogP contribution in [0.3, 0.4) is 0 Å². The van der Waals surface area contributed by atoms with E-state index in [9.17, 15) is 4.39 Å².